The number of halogens is 1. The zero-order valence-corrected chi connectivity index (χ0v) is 9.97. The van der Waals surface area contributed by atoms with E-state index in [0.717, 1.165) is 27.5 Å². The smallest absolute Gasteiger partial charge is 0.123 e. The Morgan fingerprint density at radius 1 is 1.50 bits per heavy atom. The highest BCUT2D eigenvalue weighted by Crippen LogP contribution is 2.25. The van der Waals surface area contributed by atoms with Gasteiger partial charge in [-0.3, -0.25) is 0 Å². The van der Waals surface area contributed by atoms with Crippen LogP contribution in [0, 0.1) is 12.7 Å². The molecule has 0 fully saturated rings. The maximum atomic E-state index is 12.8. The average Bonchev–Trinajstić information content (AvgIpc) is 2.10. The monoisotopic (exact) mass is 228 g/mol. The van der Waals surface area contributed by atoms with Gasteiger partial charge in [0, 0.05) is 4.90 Å². The zero-order valence-electron chi connectivity index (χ0n) is 8.34. The highest BCUT2D eigenvalue weighted by molar-refractivity contribution is 8.23. The van der Waals surface area contributed by atoms with Crippen molar-refractivity contribution >= 4 is 28.2 Å². The number of thioether (sulfide) groups is 1. The fourth-order valence-electron chi connectivity index (χ4n) is 1.11. The third-order valence-corrected chi connectivity index (χ3v) is 3.38. The zero-order chi connectivity index (χ0) is 10.6. The van der Waals surface area contributed by atoms with Gasteiger partial charge in [0.2, 0.25) is 0 Å². The Bertz CT molecular complexity index is 334. The van der Waals surface area contributed by atoms with E-state index < -0.39 is 0 Å². The Balaban J connectivity index is 2.72. The lowest BCUT2D eigenvalue weighted by molar-refractivity contribution is 0.625. The van der Waals surface area contributed by atoms with Crippen LogP contribution >= 0.6 is 24.0 Å². The molecule has 0 amide bonds. The molecule has 0 aliphatic rings. The molecule has 0 radical (unpaired) electrons. The molecule has 0 atom stereocenters. The van der Waals surface area contributed by atoms with Gasteiger partial charge in [0.25, 0.3) is 0 Å². The topological polar surface area (TPSA) is 0 Å². The first-order valence-corrected chi connectivity index (χ1v) is 5.82. The van der Waals surface area contributed by atoms with Crippen LogP contribution in [0.25, 0.3) is 0 Å². The van der Waals surface area contributed by atoms with E-state index in [0.29, 0.717) is 0 Å². The van der Waals surface area contributed by atoms with Gasteiger partial charge in [-0.2, -0.15) is 0 Å². The molecule has 0 saturated heterocycles. The van der Waals surface area contributed by atoms with Gasteiger partial charge in [-0.15, -0.1) is 0 Å². The molecule has 0 saturated carbocycles. The molecule has 3 heteroatoms. The lowest BCUT2D eigenvalue weighted by atomic mass is 10.2. The Labute approximate surface area is 93.9 Å². The molecule has 0 aromatic heterocycles. The van der Waals surface area contributed by atoms with Crippen LogP contribution in [0.4, 0.5) is 4.39 Å². The molecule has 14 heavy (non-hydrogen) atoms. The van der Waals surface area contributed by atoms with E-state index in [2.05, 4.69) is 6.92 Å². The molecule has 0 spiro atoms. The molecule has 0 heterocycles. The molecule has 0 nitrogen and oxygen atoms in total. The fourth-order valence-corrected chi connectivity index (χ4v) is 2.49. The largest absolute Gasteiger partial charge is 0.207 e. The van der Waals surface area contributed by atoms with Crippen LogP contribution in [0.15, 0.2) is 23.1 Å². The predicted octanol–water partition coefficient (Wildman–Crippen LogP) is 4.35. The number of benzene rings is 1. The standard InChI is InChI=1S/C11H13FS2/c1-3-4-11(13)14-10-6-5-9(12)7-8(10)2/h5-7H,3-4H2,1-2H3. The summed E-state index contributed by atoms with van der Waals surface area (Å²) in [6.45, 7) is 4.00. The maximum absolute atomic E-state index is 12.8. The highest BCUT2D eigenvalue weighted by atomic mass is 32.2. The van der Waals surface area contributed by atoms with Crippen molar-refractivity contribution < 1.29 is 4.39 Å². The van der Waals surface area contributed by atoms with Gasteiger partial charge in [0.05, 0.1) is 4.20 Å². The van der Waals surface area contributed by atoms with Crippen LogP contribution in [0.1, 0.15) is 25.3 Å². The van der Waals surface area contributed by atoms with E-state index in [1.165, 1.54) is 12.1 Å². The van der Waals surface area contributed by atoms with E-state index in [1.54, 1.807) is 17.8 Å². The van der Waals surface area contributed by atoms with E-state index in [-0.39, 0.29) is 5.82 Å². The summed E-state index contributed by atoms with van der Waals surface area (Å²) in [6, 6.07) is 4.80. The Hall–Kier alpha value is -0.410. The van der Waals surface area contributed by atoms with Crippen LogP contribution in [0.2, 0.25) is 0 Å². The van der Waals surface area contributed by atoms with E-state index >= 15 is 0 Å². The van der Waals surface area contributed by atoms with Gasteiger partial charge in [0.1, 0.15) is 5.82 Å². The number of thiocarbonyl (C=S) groups is 1. The summed E-state index contributed by atoms with van der Waals surface area (Å²) in [5.74, 6) is -0.187. The van der Waals surface area contributed by atoms with Crippen LogP contribution in [-0.4, -0.2) is 4.20 Å². The fraction of sp³-hybridized carbons (Fsp3) is 0.364. The molecule has 0 N–H and O–H groups in total. The summed E-state index contributed by atoms with van der Waals surface area (Å²) in [7, 11) is 0. The molecule has 0 unspecified atom stereocenters. The second-order valence-corrected chi connectivity index (χ2v) is 5.02. The van der Waals surface area contributed by atoms with Crippen molar-refractivity contribution in [3.05, 3.63) is 29.6 Å². The van der Waals surface area contributed by atoms with Crippen LogP contribution in [-0.2, 0) is 0 Å². The van der Waals surface area contributed by atoms with Crippen molar-refractivity contribution in [2.24, 2.45) is 0 Å². The SMILES string of the molecule is CCCC(=S)Sc1ccc(F)cc1C. The Morgan fingerprint density at radius 2 is 2.21 bits per heavy atom. The molecule has 0 bridgehead atoms. The van der Waals surface area contributed by atoms with Crippen LogP contribution in [0.5, 0.6) is 0 Å². The molecule has 0 aliphatic carbocycles. The van der Waals surface area contributed by atoms with Crippen molar-refractivity contribution in [1.82, 2.24) is 0 Å². The molecule has 1 aromatic carbocycles. The Morgan fingerprint density at radius 3 is 2.79 bits per heavy atom. The second kappa shape index (κ2) is 5.47. The number of hydrogen-bond acceptors (Lipinski definition) is 2. The average molecular weight is 228 g/mol. The van der Waals surface area contributed by atoms with Gasteiger partial charge in [-0.1, -0.05) is 37.3 Å². The van der Waals surface area contributed by atoms with Gasteiger partial charge in [-0.25, -0.2) is 4.39 Å². The number of rotatable bonds is 3. The third-order valence-electron chi connectivity index (χ3n) is 1.81. The molecule has 1 rings (SSSR count). The van der Waals surface area contributed by atoms with Crippen LogP contribution in [0.3, 0.4) is 0 Å². The quantitative estimate of drug-likeness (QED) is 0.557. The summed E-state index contributed by atoms with van der Waals surface area (Å²) in [6.07, 6.45) is 2.00. The highest BCUT2D eigenvalue weighted by Gasteiger charge is 2.03. The first kappa shape index (κ1) is 11.7. The first-order valence-electron chi connectivity index (χ1n) is 4.60. The first-order chi connectivity index (χ1) is 6.63. The summed E-state index contributed by atoms with van der Waals surface area (Å²) in [5, 5.41) is 0. The molecular weight excluding hydrogens is 215 g/mol. The normalized spacial score (nSPS) is 10.2. The van der Waals surface area contributed by atoms with Gasteiger partial charge in [-0.05, 0) is 37.1 Å². The summed E-state index contributed by atoms with van der Waals surface area (Å²) in [4.78, 5) is 1.06. The number of aryl methyl sites for hydroxylation is 1. The van der Waals surface area contributed by atoms with Crippen molar-refractivity contribution in [1.29, 1.82) is 0 Å². The van der Waals surface area contributed by atoms with E-state index in [4.69, 9.17) is 12.2 Å². The number of hydrogen-bond donors (Lipinski definition) is 0. The van der Waals surface area contributed by atoms with Crippen molar-refractivity contribution in [3.8, 4) is 0 Å². The summed E-state index contributed by atoms with van der Waals surface area (Å²) < 4.78 is 13.8. The lowest BCUT2D eigenvalue weighted by Crippen LogP contribution is -1.89. The minimum Gasteiger partial charge on any atom is -0.207 e. The van der Waals surface area contributed by atoms with Crippen molar-refractivity contribution in [3.63, 3.8) is 0 Å². The van der Waals surface area contributed by atoms with Gasteiger partial charge >= 0.3 is 0 Å². The van der Waals surface area contributed by atoms with E-state index in [1.807, 2.05) is 6.92 Å². The lowest BCUT2D eigenvalue weighted by Gasteiger charge is -2.05. The second-order valence-electron chi connectivity index (χ2n) is 3.13. The maximum Gasteiger partial charge on any atom is 0.123 e. The molecular formula is C11H13FS2. The Kier molecular flexibility index (Phi) is 4.55. The minimum absolute atomic E-state index is 0.187. The van der Waals surface area contributed by atoms with Gasteiger partial charge < -0.3 is 0 Å². The predicted molar refractivity (Wildman–Crippen MR) is 64.5 cm³/mol. The van der Waals surface area contributed by atoms with E-state index in [9.17, 15) is 4.39 Å². The van der Waals surface area contributed by atoms with Crippen molar-refractivity contribution in [2.45, 2.75) is 31.6 Å². The molecule has 76 valence electrons. The molecule has 0 aliphatic heterocycles. The summed E-state index contributed by atoms with van der Waals surface area (Å²) >= 11 is 6.77. The van der Waals surface area contributed by atoms with Gasteiger partial charge in [0.15, 0.2) is 0 Å². The minimum atomic E-state index is -0.187. The summed E-state index contributed by atoms with van der Waals surface area (Å²) in [5.41, 5.74) is 0.952. The van der Waals surface area contributed by atoms with Crippen molar-refractivity contribution in [2.75, 3.05) is 0 Å². The van der Waals surface area contributed by atoms with Crippen LogP contribution < -0.4 is 0 Å². The third kappa shape index (κ3) is 3.39. The molecule has 1 aromatic rings.